The SMILES string of the molecule is CC(N=C(N)N)NC(=O)c1ccc(C(=O)NCC(NS(=O)(=O)c2ccccc2)C(=O)O)cc1. The average molecular weight is 477 g/mol. The summed E-state index contributed by atoms with van der Waals surface area (Å²) in [6.45, 7) is 1.07. The maximum Gasteiger partial charge on any atom is 0.323 e. The van der Waals surface area contributed by atoms with Crippen LogP contribution in [0.1, 0.15) is 27.6 Å². The van der Waals surface area contributed by atoms with Gasteiger partial charge in [0.1, 0.15) is 12.2 Å². The second-order valence-corrected chi connectivity index (χ2v) is 8.53. The van der Waals surface area contributed by atoms with E-state index in [9.17, 15) is 27.9 Å². The van der Waals surface area contributed by atoms with Gasteiger partial charge in [0.2, 0.25) is 10.0 Å². The zero-order valence-electron chi connectivity index (χ0n) is 17.6. The molecule has 2 aromatic carbocycles. The van der Waals surface area contributed by atoms with Crippen LogP contribution in [0.3, 0.4) is 0 Å². The Morgan fingerprint density at radius 2 is 1.52 bits per heavy atom. The first-order chi connectivity index (χ1) is 15.5. The Morgan fingerprint density at radius 1 is 0.970 bits per heavy atom. The summed E-state index contributed by atoms with van der Waals surface area (Å²) >= 11 is 0. The van der Waals surface area contributed by atoms with Crippen molar-refractivity contribution in [2.75, 3.05) is 6.54 Å². The van der Waals surface area contributed by atoms with E-state index in [1.54, 1.807) is 13.0 Å². The molecular formula is C20H24N6O6S. The van der Waals surface area contributed by atoms with Gasteiger partial charge in [0, 0.05) is 17.7 Å². The highest BCUT2D eigenvalue weighted by molar-refractivity contribution is 7.89. The van der Waals surface area contributed by atoms with Crippen LogP contribution in [-0.4, -0.2) is 56.0 Å². The number of nitrogens with two attached hydrogens (primary N) is 2. The Balaban J connectivity index is 2.00. The van der Waals surface area contributed by atoms with Crippen molar-refractivity contribution in [3.63, 3.8) is 0 Å². The highest BCUT2D eigenvalue weighted by Gasteiger charge is 2.26. The second kappa shape index (κ2) is 11.1. The number of aliphatic imine (C=N–C) groups is 1. The Bertz CT molecular complexity index is 1130. The molecule has 0 fully saturated rings. The highest BCUT2D eigenvalue weighted by atomic mass is 32.2. The number of hydrogen-bond donors (Lipinski definition) is 6. The molecule has 0 radical (unpaired) electrons. The molecule has 2 unspecified atom stereocenters. The summed E-state index contributed by atoms with van der Waals surface area (Å²) in [7, 11) is -4.10. The predicted molar refractivity (Wildman–Crippen MR) is 120 cm³/mol. The third-order valence-electron chi connectivity index (χ3n) is 4.21. The summed E-state index contributed by atoms with van der Waals surface area (Å²) in [6, 6.07) is 11.1. The van der Waals surface area contributed by atoms with Crippen molar-refractivity contribution in [3.8, 4) is 0 Å². The van der Waals surface area contributed by atoms with Crippen LogP contribution in [0.4, 0.5) is 0 Å². The van der Waals surface area contributed by atoms with Crippen LogP contribution in [0.15, 0.2) is 64.5 Å². The number of sulfonamides is 1. The molecule has 2 atom stereocenters. The van der Waals surface area contributed by atoms with Gasteiger partial charge in [-0.25, -0.2) is 13.4 Å². The summed E-state index contributed by atoms with van der Waals surface area (Å²) in [5.41, 5.74) is 10.9. The van der Waals surface area contributed by atoms with E-state index in [0.29, 0.717) is 0 Å². The Morgan fingerprint density at radius 3 is 2.03 bits per heavy atom. The molecule has 0 spiro atoms. The Labute approximate surface area is 190 Å². The number of benzene rings is 2. The van der Waals surface area contributed by atoms with E-state index in [4.69, 9.17) is 11.5 Å². The first kappa shape index (κ1) is 25.3. The molecule has 2 amide bonds. The molecule has 0 saturated carbocycles. The molecular weight excluding hydrogens is 452 g/mol. The third kappa shape index (κ3) is 7.59. The third-order valence-corrected chi connectivity index (χ3v) is 5.70. The monoisotopic (exact) mass is 476 g/mol. The van der Waals surface area contributed by atoms with Crippen LogP contribution in [-0.2, 0) is 14.8 Å². The number of nitrogens with zero attached hydrogens (tertiary/aromatic N) is 1. The van der Waals surface area contributed by atoms with Crippen LogP contribution in [0, 0.1) is 0 Å². The minimum atomic E-state index is -4.10. The van der Waals surface area contributed by atoms with E-state index >= 15 is 0 Å². The van der Waals surface area contributed by atoms with E-state index in [0.717, 1.165) is 0 Å². The molecule has 0 aliphatic heterocycles. The number of carboxylic acids is 1. The quantitative estimate of drug-likeness (QED) is 0.188. The van der Waals surface area contributed by atoms with Gasteiger partial charge >= 0.3 is 5.97 Å². The van der Waals surface area contributed by atoms with Crippen molar-refractivity contribution in [2.45, 2.75) is 24.0 Å². The number of aliphatic carboxylic acids is 1. The number of carboxylic acid groups (broad SMARTS) is 1. The molecule has 2 aromatic rings. The average Bonchev–Trinajstić information content (AvgIpc) is 2.76. The molecule has 0 aliphatic rings. The summed E-state index contributed by atoms with van der Waals surface area (Å²) in [5.74, 6) is -2.76. The molecule has 176 valence electrons. The minimum absolute atomic E-state index is 0.106. The Hall–Kier alpha value is -3.97. The Kier molecular flexibility index (Phi) is 8.48. The van der Waals surface area contributed by atoms with Gasteiger partial charge in [-0.2, -0.15) is 4.72 Å². The van der Waals surface area contributed by atoms with Gasteiger partial charge < -0.3 is 27.2 Å². The lowest BCUT2D eigenvalue weighted by molar-refractivity contribution is -0.138. The molecule has 0 bridgehead atoms. The number of guanidine groups is 1. The second-order valence-electron chi connectivity index (χ2n) is 6.82. The number of hydrogen-bond acceptors (Lipinski definition) is 6. The maximum atomic E-state index is 12.4. The van der Waals surface area contributed by atoms with Crippen LogP contribution in [0.5, 0.6) is 0 Å². The van der Waals surface area contributed by atoms with Crippen LogP contribution < -0.4 is 26.8 Å². The minimum Gasteiger partial charge on any atom is -0.480 e. The lowest BCUT2D eigenvalue weighted by Crippen LogP contribution is -2.48. The largest absolute Gasteiger partial charge is 0.480 e. The van der Waals surface area contributed by atoms with Gasteiger partial charge in [0.05, 0.1) is 4.90 Å². The van der Waals surface area contributed by atoms with E-state index in [1.165, 1.54) is 48.5 Å². The van der Waals surface area contributed by atoms with Crippen LogP contribution >= 0.6 is 0 Å². The van der Waals surface area contributed by atoms with Gasteiger partial charge in [0.15, 0.2) is 5.96 Å². The highest BCUT2D eigenvalue weighted by Crippen LogP contribution is 2.09. The van der Waals surface area contributed by atoms with Gasteiger partial charge in [-0.1, -0.05) is 18.2 Å². The number of amides is 2. The fourth-order valence-corrected chi connectivity index (χ4v) is 3.84. The normalized spacial score (nSPS) is 12.8. The van der Waals surface area contributed by atoms with Gasteiger partial charge in [-0.15, -0.1) is 0 Å². The molecule has 0 saturated heterocycles. The van der Waals surface area contributed by atoms with E-state index < -0.39 is 46.6 Å². The molecule has 12 nitrogen and oxygen atoms in total. The summed E-state index contributed by atoms with van der Waals surface area (Å²) in [4.78, 5) is 39.7. The molecule has 0 aliphatic carbocycles. The van der Waals surface area contributed by atoms with Crippen molar-refractivity contribution in [3.05, 3.63) is 65.7 Å². The van der Waals surface area contributed by atoms with E-state index in [2.05, 4.69) is 15.6 Å². The number of nitrogens with one attached hydrogen (secondary N) is 3. The van der Waals surface area contributed by atoms with Crippen molar-refractivity contribution in [2.24, 2.45) is 16.5 Å². The standard InChI is InChI=1S/C20H24N6O6S/c1-12(25-20(21)22)24-18(28)14-9-7-13(8-10-14)17(27)23-11-16(19(29)30)26-33(31,32)15-5-3-2-4-6-15/h2-10,12,16,26H,11H2,1H3,(H,23,27)(H,24,28)(H,29,30)(H4,21,22,25). The van der Waals surface area contributed by atoms with E-state index in [-0.39, 0.29) is 22.0 Å². The van der Waals surface area contributed by atoms with Crippen molar-refractivity contribution < 1.29 is 27.9 Å². The predicted octanol–water partition coefficient (Wildman–Crippen LogP) is -0.803. The molecule has 0 aromatic heterocycles. The molecule has 2 rings (SSSR count). The van der Waals surface area contributed by atoms with Crippen molar-refractivity contribution in [1.82, 2.24) is 15.4 Å². The summed E-state index contributed by atoms with van der Waals surface area (Å²) in [5, 5.41) is 14.3. The number of carbonyl (C=O) groups excluding carboxylic acids is 2. The summed E-state index contributed by atoms with van der Waals surface area (Å²) in [6.07, 6.45) is -0.655. The number of carbonyl (C=O) groups is 3. The van der Waals surface area contributed by atoms with Crippen molar-refractivity contribution >= 4 is 33.8 Å². The van der Waals surface area contributed by atoms with Crippen LogP contribution in [0.25, 0.3) is 0 Å². The maximum absolute atomic E-state index is 12.4. The smallest absolute Gasteiger partial charge is 0.323 e. The first-order valence-corrected chi connectivity index (χ1v) is 11.1. The van der Waals surface area contributed by atoms with Gasteiger partial charge in [-0.05, 0) is 43.3 Å². The zero-order chi connectivity index (χ0) is 24.6. The topological polar surface area (TPSA) is 206 Å². The molecule has 13 heteroatoms. The lowest BCUT2D eigenvalue weighted by atomic mass is 10.1. The summed E-state index contributed by atoms with van der Waals surface area (Å²) < 4.78 is 26.8. The lowest BCUT2D eigenvalue weighted by Gasteiger charge is -2.16. The molecule has 0 heterocycles. The van der Waals surface area contributed by atoms with Crippen molar-refractivity contribution in [1.29, 1.82) is 0 Å². The molecule has 8 N–H and O–H groups in total. The van der Waals surface area contributed by atoms with Crippen LogP contribution in [0.2, 0.25) is 0 Å². The fraction of sp³-hybridized carbons (Fsp3) is 0.200. The van der Waals surface area contributed by atoms with E-state index in [1.807, 2.05) is 4.72 Å². The zero-order valence-corrected chi connectivity index (χ0v) is 18.4. The van der Waals surface area contributed by atoms with Gasteiger partial charge in [-0.3, -0.25) is 14.4 Å². The first-order valence-electron chi connectivity index (χ1n) is 9.57. The number of rotatable bonds is 10. The fourth-order valence-electron chi connectivity index (χ4n) is 2.63. The van der Waals surface area contributed by atoms with Gasteiger partial charge in [0.25, 0.3) is 11.8 Å². The molecule has 33 heavy (non-hydrogen) atoms.